The van der Waals surface area contributed by atoms with E-state index in [1.807, 2.05) is 30.3 Å². The molecule has 25 heavy (non-hydrogen) atoms. The number of aryl methyl sites for hydroxylation is 1. The van der Waals surface area contributed by atoms with Crippen molar-refractivity contribution in [3.05, 3.63) is 59.7 Å². The molecule has 2 aromatic rings. The van der Waals surface area contributed by atoms with Crippen molar-refractivity contribution in [1.82, 2.24) is 4.31 Å². The van der Waals surface area contributed by atoms with Crippen molar-refractivity contribution in [2.45, 2.75) is 24.2 Å². The number of sulfonamides is 1. The van der Waals surface area contributed by atoms with Crippen LogP contribution in [-0.4, -0.2) is 39.0 Å². The summed E-state index contributed by atoms with van der Waals surface area (Å²) >= 11 is 0. The lowest BCUT2D eigenvalue weighted by Crippen LogP contribution is -2.37. The van der Waals surface area contributed by atoms with Gasteiger partial charge in [0, 0.05) is 19.6 Å². The van der Waals surface area contributed by atoms with Gasteiger partial charge in [-0.3, -0.25) is 0 Å². The highest BCUT2D eigenvalue weighted by atomic mass is 32.2. The second-order valence-electron chi connectivity index (χ2n) is 6.15. The largest absolute Gasteiger partial charge is 0.493 e. The molecule has 2 aromatic carbocycles. The molecule has 0 unspecified atom stereocenters. The Bertz CT molecular complexity index is 807. The Balaban J connectivity index is 1.81. The summed E-state index contributed by atoms with van der Waals surface area (Å²) < 4.78 is 33.2. The minimum atomic E-state index is -3.57. The van der Waals surface area contributed by atoms with Gasteiger partial charge in [-0.25, -0.2) is 8.42 Å². The lowest BCUT2D eigenvalue weighted by molar-refractivity contribution is 0.288. The summed E-state index contributed by atoms with van der Waals surface area (Å²) in [4.78, 5) is 0.318. The monoisotopic (exact) mass is 360 g/mol. The van der Waals surface area contributed by atoms with Crippen LogP contribution >= 0.6 is 0 Å². The molecule has 0 fully saturated rings. The van der Waals surface area contributed by atoms with Crippen LogP contribution in [0.4, 0.5) is 0 Å². The van der Waals surface area contributed by atoms with Gasteiger partial charge in [0.1, 0.15) is 5.75 Å². The van der Waals surface area contributed by atoms with Crippen molar-refractivity contribution in [2.75, 3.05) is 26.2 Å². The number of rotatable bonds is 7. The van der Waals surface area contributed by atoms with Crippen molar-refractivity contribution in [3.63, 3.8) is 0 Å². The van der Waals surface area contributed by atoms with Crippen molar-refractivity contribution < 1.29 is 13.2 Å². The molecule has 1 heterocycles. The van der Waals surface area contributed by atoms with E-state index in [0.29, 0.717) is 37.6 Å². The lowest BCUT2D eigenvalue weighted by Gasteiger charge is -2.23. The summed E-state index contributed by atoms with van der Waals surface area (Å²) in [7, 11) is -3.57. The molecule has 0 atom stereocenters. The van der Waals surface area contributed by atoms with E-state index in [0.717, 1.165) is 29.7 Å². The Morgan fingerprint density at radius 1 is 1.08 bits per heavy atom. The molecule has 0 amide bonds. The molecular formula is C19H24N2O3S. The van der Waals surface area contributed by atoms with Crippen molar-refractivity contribution >= 4 is 10.0 Å². The number of nitrogens with zero attached hydrogens (tertiary/aromatic N) is 1. The Labute approximate surface area is 149 Å². The van der Waals surface area contributed by atoms with Crippen LogP contribution in [0, 0.1) is 0 Å². The van der Waals surface area contributed by atoms with Crippen LogP contribution in [0.15, 0.2) is 53.4 Å². The molecular weight excluding hydrogens is 336 g/mol. The number of nitrogens with two attached hydrogens (primary N) is 1. The van der Waals surface area contributed by atoms with E-state index >= 15 is 0 Å². The summed E-state index contributed by atoms with van der Waals surface area (Å²) in [5.74, 6) is 0.792. The first-order chi connectivity index (χ1) is 12.1. The highest BCUT2D eigenvalue weighted by molar-refractivity contribution is 7.89. The molecule has 0 aliphatic carbocycles. The minimum Gasteiger partial charge on any atom is -0.493 e. The van der Waals surface area contributed by atoms with Crippen LogP contribution in [0.2, 0.25) is 0 Å². The molecule has 5 nitrogen and oxygen atoms in total. The van der Waals surface area contributed by atoms with E-state index in [2.05, 4.69) is 0 Å². The summed E-state index contributed by atoms with van der Waals surface area (Å²) in [6.45, 7) is 1.71. The zero-order valence-corrected chi connectivity index (χ0v) is 15.0. The standard InChI is InChI=1S/C19H24N2O3S/c20-11-13-21(12-10-16-5-2-1-3-6-16)25(22,23)18-8-9-19-17(15-18)7-4-14-24-19/h1-3,5-6,8-9,15H,4,7,10-14,20H2. The highest BCUT2D eigenvalue weighted by Crippen LogP contribution is 2.28. The average molecular weight is 360 g/mol. The fourth-order valence-electron chi connectivity index (χ4n) is 3.04. The van der Waals surface area contributed by atoms with Gasteiger partial charge in [0.2, 0.25) is 10.0 Å². The third kappa shape index (κ3) is 4.21. The third-order valence-corrected chi connectivity index (χ3v) is 6.28. The molecule has 0 saturated heterocycles. The van der Waals surface area contributed by atoms with Gasteiger partial charge in [0.25, 0.3) is 0 Å². The third-order valence-electron chi connectivity index (χ3n) is 4.39. The Hall–Kier alpha value is -1.89. The van der Waals surface area contributed by atoms with Gasteiger partial charge in [-0.1, -0.05) is 30.3 Å². The van der Waals surface area contributed by atoms with Gasteiger partial charge < -0.3 is 10.5 Å². The van der Waals surface area contributed by atoms with E-state index in [1.54, 1.807) is 18.2 Å². The normalized spacial score (nSPS) is 14.2. The van der Waals surface area contributed by atoms with Gasteiger partial charge in [0.05, 0.1) is 11.5 Å². The Morgan fingerprint density at radius 2 is 1.88 bits per heavy atom. The van der Waals surface area contributed by atoms with E-state index < -0.39 is 10.0 Å². The topological polar surface area (TPSA) is 72.6 Å². The maximum Gasteiger partial charge on any atom is 0.243 e. The van der Waals surface area contributed by atoms with Crippen molar-refractivity contribution in [3.8, 4) is 5.75 Å². The predicted octanol–water partition coefficient (Wildman–Crippen LogP) is 2.20. The molecule has 3 rings (SSSR count). The molecule has 0 spiro atoms. The van der Waals surface area contributed by atoms with Gasteiger partial charge >= 0.3 is 0 Å². The van der Waals surface area contributed by atoms with Gasteiger partial charge in [0.15, 0.2) is 0 Å². The zero-order valence-electron chi connectivity index (χ0n) is 14.2. The second-order valence-corrected chi connectivity index (χ2v) is 8.09. The summed E-state index contributed by atoms with van der Waals surface area (Å²) in [6.07, 6.45) is 2.42. The summed E-state index contributed by atoms with van der Waals surface area (Å²) in [6, 6.07) is 15.0. The number of ether oxygens (including phenoxy) is 1. The van der Waals surface area contributed by atoms with Crippen LogP contribution in [-0.2, 0) is 22.9 Å². The Kier molecular flexibility index (Phi) is 5.73. The van der Waals surface area contributed by atoms with E-state index in [-0.39, 0.29) is 0 Å². The van der Waals surface area contributed by atoms with E-state index in [9.17, 15) is 8.42 Å². The number of fused-ring (bicyclic) bond motifs is 1. The predicted molar refractivity (Wildman–Crippen MR) is 98.2 cm³/mol. The fourth-order valence-corrected chi connectivity index (χ4v) is 4.55. The van der Waals surface area contributed by atoms with Crippen molar-refractivity contribution in [1.29, 1.82) is 0 Å². The van der Waals surface area contributed by atoms with Crippen LogP contribution in [0.3, 0.4) is 0 Å². The lowest BCUT2D eigenvalue weighted by atomic mass is 10.1. The minimum absolute atomic E-state index is 0.294. The number of hydrogen-bond acceptors (Lipinski definition) is 4. The first kappa shape index (κ1) is 17.9. The smallest absolute Gasteiger partial charge is 0.243 e. The molecule has 1 aliphatic heterocycles. The van der Waals surface area contributed by atoms with Crippen LogP contribution in [0.25, 0.3) is 0 Å². The molecule has 1 aliphatic rings. The average Bonchev–Trinajstić information content (AvgIpc) is 2.65. The number of hydrogen-bond donors (Lipinski definition) is 1. The quantitative estimate of drug-likeness (QED) is 0.822. The molecule has 2 N–H and O–H groups in total. The molecule has 0 bridgehead atoms. The maximum absolute atomic E-state index is 13.1. The van der Waals surface area contributed by atoms with E-state index in [4.69, 9.17) is 10.5 Å². The van der Waals surface area contributed by atoms with Crippen LogP contribution < -0.4 is 10.5 Å². The van der Waals surface area contributed by atoms with Gasteiger partial charge in [-0.2, -0.15) is 4.31 Å². The molecule has 0 saturated carbocycles. The summed E-state index contributed by atoms with van der Waals surface area (Å²) in [5.41, 5.74) is 7.73. The van der Waals surface area contributed by atoms with Gasteiger partial charge in [-0.05, 0) is 48.6 Å². The first-order valence-corrected chi connectivity index (χ1v) is 10.0. The van der Waals surface area contributed by atoms with Crippen LogP contribution in [0.5, 0.6) is 5.75 Å². The van der Waals surface area contributed by atoms with Crippen LogP contribution in [0.1, 0.15) is 17.5 Å². The molecule has 134 valence electrons. The fraction of sp³-hybridized carbons (Fsp3) is 0.368. The number of benzene rings is 2. The van der Waals surface area contributed by atoms with Gasteiger partial charge in [-0.15, -0.1) is 0 Å². The first-order valence-electron chi connectivity index (χ1n) is 8.61. The SMILES string of the molecule is NCCN(CCc1ccccc1)S(=O)(=O)c1ccc2c(c1)CCCO2. The molecule has 0 radical (unpaired) electrons. The zero-order chi connectivity index (χ0) is 17.7. The summed E-state index contributed by atoms with van der Waals surface area (Å²) in [5, 5.41) is 0. The van der Waals surface area contributed by atoms with E-state index in [1.165, 1.54) is 4.31 Å². The molecule has 6 heteroatoms. The Morgan fingerprint density at radius 3 is 2.64 bits per heavy atom. The maximum atomic E-state index is 13.1. The second kappa shape index (κ2) is 7.99. The highest BCUT2D eigenvalue weighted by Gasteiger charge is 2.25. The molecule has 0 aromatic heterocycles. The van der Waals surface area contributed by atoms with Crippen molar-refractivity contribution in [2.24, 2.45) is 5.73 Å².